The minimum atomic E-state index is -1.90. The Bertz CT molecular complexity index is 482. The molecule has 1 N–H and O–H groups in total. The van der Waals surface area contributed by atoms with E-state index in [1.807, 2.05) is 0 Å². The summed E-state index contributed by atoms with van der Waals surface area (Å²) in [5.74, 6) is -1.82. The van der Waals surface area contributed by atoms with Gasteiger partial charge in [0.05, 0.1) is 0 Å². The number of carbonyl (C=O) groups is 2. The molecule has 0 aliphatic carbocycles. The van der Waals surface area contributed by atoms with Gasteiger partial charge < -0.3 is 9.84 Å². The molecule has 4 nitrogen and oxygen atoms in total. The number of esters is 1. The van der Waals surface area contributed by atoms with Gasteiger partial charge in [-0.2, -0.15) is 0 Å². The van der Waals surface area contributed by atoms with Crippen LogP contribution in [0.2, 0.25) is 0 Å². The SMILES string of the molecule is CC(=O)OC/C=C\c1cccc(CC(F)C(=O)O)c1. The van der Waals surface area contributed by atoms with Gasteiger partial charge >= 0.3 is 11.9 Å². The third kappa shape index (κ3) is 5.81. The zero-order valence-corrected chi connectivity index (χ0v) is 10.5. The Balaban J connectivity index is 2.61. The summed E-state index contributed by atoms with van der Waals surface area (Å²) in [6, 6.07) is 6.87. The van der Waals surface area contributed by atoms with Crippen LogP contribution in [0.1, 0.15) is 18.1 Å². The number of ether oxygens (including phenoxy) is 1. The number of carboxylic acids is 1. The fraction of sp³-hybridized carbons (Fsp3) is 0.286. The van der Waals surface area contributed by atoms with E-state index in [9.17, 15) is 14.0 Å². The zero-order valence-electron chi connectivity index (χ0n) is 10.5. The minimum Gasteiger partial charge on any atom is -0.479 e. The zero-order chi connectivity index (χ0) is 14.3. The molecule has 0 aliphatic heterocycles. The third-order valence-corrected chi connectivity index (χ3v) is 2.33. The molecule has 0 aromatic heterocycles. The summed E-state index contributed by atoms with van der Waals surface area (Å²) in [7, 11) is 0. The van der Waals surface area contributed by atoms with Crippen LogP contribution in [-0.4, -0.2) is 29.8 Å². The summed E-state index contributed by atoms with van der Waals surface area (Å²) < 4.78 is 17.8. The number of carboxylic acid groups (broad SMARTS) is 1. The summed E-state index contributed by atoms with van der Waals surface area (Å²) in [5.41, 5.74) is 1.40. The van der Waals surface area contributed by atoms with Gasteiger partial charge in [0.1, 0.15) is 6.61 Å². The van der Waals surface area contributed by atoms with Crippen LogP contribution in [0, 0.1) is 0 Å². The van der Waals surface area contributed by atoms with Crippen molar-refractivity contribution in [3.63, 3.8) is 0 Å². The first-order valence-electron chi connectivity index (χ1n) is 5.74. The molecule has 0 amide bonds. The maximum Gasteiger partial charge on any atom is 0.338 e. The number of aliphatic carboxylic acids is 1. The smallest absolute Gasteiger partial charge is 0.338 e. The van der Waals surface area contributed by atoms with Gasteiger partial charge in [-0.1, -0.05) is 30.3 Å². The normalized spacial score (nSPS) is 12.3. The number of hydrogen-bond acceptors (Lipinski definition) is 3. The first-order valence-corrected chi connectivity index (χ1v) is 5.74. The second kappa shape index (κ2) is 7.31. The maximum absolute atomic E-state index is 13.1. The van der Waals surface area contributed by atoms with Crippen LogP contribution in [0.25, 0.3) is 6.08 Å². The monoisotopic (exact) mass is 266 g/mol. The number of carbonyl (C=O) groups excluding carboxylic acids is 1. The van der Waals surface area contributed by atoms with Crippen molar-refractivity contribution in [1.82, 2.24) is 0 Å². The number of benzene rings is 1. The summed E-state index contributed by atoms with van der Waals surface area (Å²) >= 11 is 0. The second-order valence-corrected chi connectivity index (χ2v) is 3.96. The van der Waals surface area contributed by atoms with Crippen molar-refractivity contribution in [1.29, 1.82) is 0 Å². The van der Waals surface area contributed by atoms with E-state index in [1.165, 1.54) is 6.92 Å². The molecular weight excluding hydrogens is 251 g/mol. The minimum absolute atomic E-state index is 0.166. The van der Waals surface area contributed by atoms with Crippen LogP contribution < -0.4 is 0 Å². The van der Waals surface area contributed by atoms with Crippen molar-refractivity contribution in [2.45, 2.75) is 19.5 Å². The quantitative estimate of drug-likeness (QED) is 0.802. The lowest BCUT2D eigenvalue weighted by molar-refractivity contribution is -0.142. The number of hydrogen-bond donors (Lipinski definition) is 1. The predicted molar refractivity (Wildman–Crippen MR) is 68.3 cm³/mol. The van der Waals surface area contributed by atoms with Crippen molar-refractivity contribution >= 4 is 18.0 Å². The molecule has 5 heteroatoms. The van der Waals surface area contributed by atoms with Crippen LogP contribution in [0.3, 0.4) is 0 Å². The average Bonchev–Trinajstić information content (AvgIpc) is 2.35. The largest absolute Gasteiger partial charge is 0.479 e. The molecule has 19 heavy (non-hydrogen) atoms. The van der Waals surface area contributed by atoms with Gasteiger partial charge in [0, 0.05) is 13.3 Å². The van der Waals surface area contributed by atoms with Gasteiger partial charge in [-0.25, -0.2) is 9.18 Å². The summed E-state index contributed by atoms with van der Waals surface area (Å²) in [5, 5.41) is 8.50. The lowest BCUT2D eigenvalue weighted by Crippen LogP contribution is -2.17. The molecule has 0 saturated carbocycles. The van der Waals surface area contributed by atoms with E-state index in [2.05, 4.69) is 0 Å². The fourth-order valence-electron chi connectivity index (χ4n) is 1.47. The van der Waals surface area contributed by atoms with Crippen molar-refractivity contribution < 1.29 is 23.8 Å². The van der Waals surface area contributed by atoms with Crippen LogP contribution in [0.15, 0.2) is 30.3 Å². The van der Waals surface area contributed by atoms with Gasteiger partial charge in [0.2, 0.25) is 6.17 Å². The molecule has 0 heterocycles. The Labute approximate surface area is 110 Å². The van der Waals surface area contributed by atoms with Crippen LogP contribution in [0.4, 0.5) is 4.39 Å². The summed E-state index contributed by atoms with van der Waals surface area (Å²) in [4.78, 5) is 21.0. The molecule has 0 spiro atoms. The molecule has 0 fully saturated rings. The van der Waals surface area contributed by atoms with Gasteiger partial charge in [0.25, 0.3) is 0 Å². The predicted octanol–water partition coefficient (Wildman–Crippen LogP) is 2.23. The molecule has 1 unspecified atom stereocenters. The van der Waals surface area contributed by atoms with Crippen LogP contribution in [-0.2, 0) is 20.7 Å². The molecule has 0 radical (unpaired) electrons. The fourth-order valence-corrected chi connectivity index (χ4v) is 1.47. The molecule has 0 saturated heterocycles. The number of alkyl halides is 1. The van der Waals surface area contributed by atoms with E-state index in [4.69, 9.17) is 9.84 Å². The van der Waals surface area contributed by atoms with Crippen LogP contribution in [0.5, 0.6) is 0 Å². The van der Waals surface area contributed by atoms with Crippen molar-refractivity contribution in [2.75, 3.05) is 6.61 Å². The number of rotatable bonds is 6. The van der Waals surface area contributed by atoms with E-state index in [0.29, 0.717) is 5.56 Å². The second-order valence-electron chi connectivity index (χ2n) is 3.96. The van der Waals surface area contributed by atoms with Gasteiger partial charge in [0.15, 0.2) is 0 Å². The number of halogens is 1. The molecule has 0 aliphatic rings. The van der Waals surface area contributed by atoms with E-state index in [0.717, 1.165) is 5.56 Å². The van der Waals surface area contributed by atoms with Gasteiger partial charge in [-0.15, -0.1) is 0 Å². The Morgan fingerprint density at radius 3 is 2.84 bits per heavy atom. The Morgan fingerprint density at radius 1 is 1.47 bits per heavy atom. The Morgan fingerprint density at radius 2 is 2.21 bits per heavy atom. The molecule has 1 atom stereocenters. The van der Waals surface area contributed by atoms with Gasteiger partial charge in [-0.05, 0) is 17.2 Å². The van der Waals surface area contributed by atoms with E-state index in [-0.39, 0.29) is 19.0 Å². The van der Waals surface area contributed by atoms with Crippen molar-refractivity contribution in [2.24, 2.45) is 0 Å². The van der Waals surface area contributed by atoms with Crippen molar-refractivity contribution in [3.05, 3.63) is 41.5 Å². The van der Waals surface area contributed by atoms with Gasteiger partial charge in [-0.3, -0.25) is 4.79 Å². The molecule has 102 valence electrons. The molecule has 1 rings (SSSR count). The summed E-state index contributed by atoms with van der Waals surface area (Å²) in [6.07, 6.45) is 1.31. The molecule has 0 bridgehead atoms. The van der Waals surface area contributed by atoms with E-state index < -0.39 is 12.1 Å². The first-order chi connectivity index (χ1) is 8.99. The van der Waals surface area contributed by atoms with E-state index in [1.54, 1.807) is 36.4 Å². The first kappa shape index (κ1) is 14.9. The lowest BCUT2D eigenvalue weighted by Gasteiger charge is -2.04. The van der Waals surface area contributed by atoms with Crippen molar-refractivity contribution in [3.8, 4) is 0 Å². The maximum atomic E-state index is 13.1. The topological polar surface area (TPSA) is 63.6 Å². The Kier molecular flexibility index (Phi) is 5.73. The highest BCUT2D eigenvalue weighted by Gasteiger charge is 2.15. The highest BCUT2D eigenvalue weighted by atomic mass is 19.1. The lowest BCUT2D eigenvalue weighted by atomic mass is 10.1. The third-order valence-electron chi connectivity index (χ3n) is 2.33. The van der Waals surface area contributed by atoms with E-state index >= 15 is 0 Å². The molecule has 1 aromatic carbocycles. The highest BCUT2D eigenvalue weighted by molar-refractivity contribution is 5.72. The highest BCUT2D eigenvalue weighted by Crippen LogP contribution is 2.11. The average molecular weight is 266 g/mol. The molecular formula is C14H15FO4. The summed E-state index contributed by atoms with van der Waals surface area (Å²) in [6.45, 7) is 1.49. The Hall–Kier alpha value is -2.17. The molecule has 1 aromatic rings. The van der Waals surface area contributed by atoms with Crippen LogP contribution >= 0.6 is 0 Å². The standard InChI is InChI=1S/C14H15FO4/c1-10(16)19-7-3-6-11-4-2-5-12(8-11)9-13(15)14(17)18/h2-6,8,13H,7,9H2,1H3,(H,17,18)/b6-3-.